The second-order valence-corrected chi connectivity index (χ2v) is 7.04. The minimum atomic E-state index is 0.638. The van der Waals surface area contributed by atoms with Gasteiger partial charge in [-0.1, -0.05) is 48.0 Å². The van der Waals surface area contributed by atoms with E-state index in [4.69, 9.17) is 4.42 Å². The molecule has 0 saturated carbocycles. The van der Waals surface area contributed by atoms with Gasteiger partial charge in [0.05, 0.1) is 0 Å². The Hall–Kier alpha value is -3.85. The van der Waals surface area contributed by atoms with Crippen LogP contribution in [-0.2, 0) is 0 Å². The summed E-state index contributed by atoms with van der Waals surface area (Å²) in [7, 11) is 0. The van der Waals surface area contributed by atoms with Crippen LogP contribution in [0.25, 0.3) is 22.6 Å². The fraction of sp³-hybridized carbons (Fsp3) is 0.0385. The number of aryl methyl sites for hydroxylation is 1. The lowest BCUT2D eigenvalue weighted by molar-refractivity contribution is 0.620. The van der Waals surface area contributed by atoms with E-state index < -0.39 is 0 Å². The Balaban J connectivity index is 1.55. The van der Waals surface area contributed by atoms with E-state index in [1.54, 1.807) is 0 Å². The molecule has 0 saturated heterocycles. The smallest absolute Gasteiger partial charge is 0.227 e. The number of aromatic nitrogens is 1. The number of anilines is 3. The highest BCUT2D eigenvalue weighted by Crippen LogP contribution is 2.35. The molecule has 0 aliphatic heterocycles. The molecule has 0 fully saturated rings. The van der Waals surface area contributed by atoms with Gasteiger partial charge in [0.25, 0.3) is 0 Å². The van der Waals surface area contributed by atoms with Gasteiger partial charge in [-0.2, -0.15) is 0 Å². The molecule has 0 radical (unpaired) electrons. The van der Waals surface area contributed by atoms with Gasteiger partial charge in [0.2, 0.25) is 5.89 Å². The largest absolute Gasteiger partial charge is 0.436 e. The SMILES string of the molecule is Cc1ccc(N(c2ccccc2)c2ccc(-c3nc4ccccc4o3)cc2)cc1. The Labute approximate surface area is 169 Å². The summed E-state index contributed by atoms with van der Waals surface area (Å²) >= 11 is 0. The maximum absolute atomic E-state index is 5.91. The lowest BCUT2D eigenvalue weighted by Gasteiger charge is -2.25. The van der Waals surface area contributed by atoms with E-state index in [0.717, 1.165) is 33.7 Å². The highest BCUT2D eigenvalue weighted by Gasteiger charge is 2.13. The van der Waals surface area contributed by atoms with Crippen LogP contribution in [0.15, 0.2) is 108 Å². The average Bonchev–Trinajstić information content (AvgIpc) is 3.21. The molecule has 0 bridgehead atoms. The summed E-state index contributed by atoms with van der Waals surface area (Å²) in [4.78, 5) is 6.85. The van der Waals surface area contributed by atoms with Gasteiger partial charge in [0.15, 0.2) is 5.58 Å². The molecule has 0 aliphatic carbocycles. The van der Waals surface area contributed by atoms with Crippen molar-refractivity contribution < 1.29 is 4.42 Å². The fourth-order valence-electron chi connectivity index (χ4n) is 3.47. The van der Waals surface area contributed by atoms with E-state index in [-0.39, 0.29) is 0 Å². The van der Waals surface area contributed by atoms with Crippen molar-refractivity contribution in [1.82, 2.24) is 4.98 Å². The standard InChI is InChI=1S/C26H20N2O/c1-19-11-15-22(16-12-19)28(21-7-3-2-4-8-21)23-17-13-20(14-18-23)26-27-24-9-5-6-10-25(24)29-26/h2-18H,1H3. The van der Waals surface area contributed by atoms with Crippen LogP contribution >= 0.6 is 0 Å². The lowest BCUT2D eigenvalue weighted by Crippen LogP contribution is -2.09. The molecular weight excluding hydrogens is 356 g/mol. The van der Waals surface area contributed by atoms with Crippen molar-refractivity contribution in [3.05, 3.63) is 109 Å². The van der Waals surface area contributed by atoms with E-state index >= 15 is 0 Å². The molecule has 1 aromatic heterocycles. The lowest BCUT2D eigenvalue weighted by atomic mass is 10.1. The number of para-hydroxylation sites is 3. The molecule has 0 unspecified atom stereocenters. The van der Waals surface area contributed by atoms with Gasteiger partial charge in [0, 0.05) is 22.6 Å². The number of nitrogens with zero attached hydrogens (tertiary/aromatic N) is 2. The summed E-state index contributed by atoms with van der Waals surface area (Å²) in [5, 5.41) is 0. The first-order valence-electron chi connectivity index (χ1n) is 9.66. The number of benzene rings is 4. The highest BCUT2D eigenvalue weighted by atomic mass is 16.3. The number of hydrogen-bond acceptors (Lipinski definition) is 3. The zero-order chi connectivity index (χ0) is 19.6. The van der Waals surface area contributed by atoms with Crippen LogP contribution in [-0.4, -0.2) is 4.98 Å². The zero-order valence-corrected chi connectivity index (χ0v) is 16.1. The average molecular weight is 376 g/mol. The van der Waals surface area contributed by atoms with E-state index in [2.05, 4.69) is 89.6 Å². The van der Waals surface area contributed by atoms with E-state index in [1.165, 1.54) is 5.56 Å². The predicted molar refractivity (Wildman–Crippen MR) is 119 cm³/mol. The third kappa shape index (κ3) is 3.39. The maximum atomic E-state index is 5.91. The summed E-state index contributed by atoms with van der Waals surface area (Å²) < 4.78 is 5.91. The van der Waals surface area contributed by atoms with Crippen LogP contribution in [0.2, 0.25) is 0 Å². The molecule has 1 heterocycles. The Morgan fingerprint density at radius 3 is 1.90 bits per heavy atom. The fourth-order valence-corrected chi connectivity index (χ4v) is 3.47. The van der Waals surface area contributed by atoms with Gasteiger partial charge in [0.1, 0.15) is 5.52 Å². The molecule has 3 nitrogen and oxygen atoms in total. The highest BCUT2D eigenvalue weighted by molar-refractivity contribution is 5.79. The summed E-state index contributed by atoms with van der Waals surface area (Å²) in [5.41, 5.74) is 7.20. The molecule has 5 rings (SSSR count). The van der Waals surface area contributed by atoms with Crippen LogP contribution in [0, 0.1) is 6.92 Å². The van der Waals surface area contributed by atoms with Crippen LogP contribution in [0.3, 0.4) is 0 Å². The normalized spacial score (nSPS) is 10.9. The van der Waals surface area contributed by atoms with Gasteiger partial charge in [-0.25, -0.2) is 4.98 Å². The Morgan fingerprint density at radius 2 is 1.21 bits per heavy atom. The Bertz CT molecular complexity index is 1210. The molecule has 0 aliphatic rings. The zero-order valence-electron chi connectivity index (χ0n) is 16.1. The molecule has 29 heavy (non-hydrogen) atoms. The summed E-state index contributed by atoms with van der Waals surface area (Å²) in [6.07, 6.45) is 0. The minimum Gasteiger partial charge on any atom is -0.436 e. The second-order valence-electron chi connectivity index (χ2n) is 7.04. The first kappa shape index (κ1) is 17.3. The third-order valence-corrected chi connectivity index (χ3v) is 4.97. The van der Waals surface area contributed by atoms with Crippen LogP contribution in [0.1, 0.15) is 5.56 Å². The molecule has 140 valence electrons. The summed E-state index contributed by atoms with van der Waals surface area (Å²) in [5.74, 6) is 0.638. The van der Waals surface area contributed by atoms with Crippen LogP contribution < -0.4 is 4.90 Å². The minimum absolute atomic E-state index is 0.638. The van der Waals surface area contributed by atoms with Gasteiger partial charge < -0.3 is 9.32 Å². The number of rotatable bonds is 4. The van der Waals surface area contributed by atoms with Crippen molar-refractivity contribution in [2.45, 2.75) is 6.92 Å². The molecule has 0 amide bonds. The van der Waals surface area contributed by atoms with Crippen molar-refractivity contribution >= 4 is 28.2 Å². The van der Waals surface area contributed by atoms with Gasteiger partial charge in [-0.05, 0) is 67.6 Å². The maximum Gasteiger partial charge on any atom is 0.227 e. The monoisotopic (exact) mass is 376 g/mol. The van der Waals surface area contributed by atoms with Gasteiger partial charge >= 0.3 is 0 Å². The van der Waals surface area contributed by atoms with Crippen molar-refractivity contribution in [1.29, 1.82) is 0 Å². The molecule has 5 aromatic rings. The van der Waals surface area contributed by atoms with Crippen LogP contribution in [0.4, 0.5) is 17.1 Å². The molecular formula is C26H20N2O. The van der Waals surface area contributed by atoms with Crippen molar-refractivity contribution in [3.63, 3.8) is 0 Å². The van der Waals surface area contributed by atoms with Crippen LogP contribution in [0.5, 0.6) is 0 Å². The Kier molecular flexibility index (Phi) is 4.34. The number of hydrogen-bond donors (Lipinski definition) is 0. The van der Waals surface area contributed by atoms with Crippen molar-refractivity contribution in [3.8, 4) is 11.5 Å². The van der Waals surface area contributed by atoms with Crippen molar-refractivity contribution in [2.24, 2.45) is 0 Å². The molecule has 3 heteroatoms. The van der Waals surface area contributed by atoms with Gasteiger partial charge in [-0.3, -0.25) is 0 Å². The van der Waals surface area contributed by atoms with Gasteiger partial charge in [-0.15, -0.1) is 0 Å². The number of fused-ring (bicyclic) bond motifs is 1. The predicted octanol–water partition coefficient (Wildman–Crippen LogP) is 7.27. The summed E-state index contributed by atoms with van der Waals surface area (Å²) in [6, 6.07) is 35.1. The third-order valence-electron chi connectivity index (χ3n) is 4.97. The molecule has 0 N–H and O–H groups in total. The molecule has 0 spiro atoms. The van der Waals surface area contributed by atoms with E-state index in [0.29, 0.717) is 5.89 Å². The number of oxazole rings is 1. The molecule has 4 aromatic carbocycles. The second kappa shape index (κ2) is 7.28. The van der Waals surface area contributed by atoms with E-state index in [9.17, 15) is 0 Å². The molecule has 0 atom stereocenters. The van der Waals surface area contributed by atoms with E-state index in [1.807, 2.05) is 30.3 Å². The quantitative estimate of drug-likeness (QED) is 0.330. The Morgan fingerprint density at radius 1 is 0.621 bits per heavy atom. The van der Waals surface area contributed by atoms with Crippen molar-refractivity contribution in [2.75, 3.05) is 4.90 Å². The first-order chi connectivity index (χ1) is 14.3. The summed E-state index contributed by atoms with van der Waals surface area (Å²) in [6.45, 7) is 2.10. The topological polar surface area (TPSA) is 29.3 Å². The first-order valence-corrected chi connectivity index (χ1v) is 9.66.